The van der Waals surface area contributed by atoms with Gasteiger partial charge in [0, 0.05) is 6.61 Å². The van der Waals surface area contributed by atoms with E-state index in [1.807, 2.05) is 39.0 Å². The molecule has 0 heterocycles. The molecule has 3 aromatic rings. The van der Waals surface area contributed by atoms with Crippen LogP contribution in [0.5, 0.6) is 17.2 Å². The van der Waals surface area contributed by atoms with Crippen LogP contribution in [0.4, 0.5) is 0 Å². The standard InChI is InChI=1S/C18H15O4P.C14H31O7P/c19-23(20-16-10-4-1-5-11-16,21-17-12-6-2-7-13-17)22-18-14-8-3-9-15-18;1-4-7-10-18-13-14(19-11-8-5-2,20-12-9-6-3)21-22(15,16)17/h1-15H;4-13H2,1-3H3,(H2,15,16,17). The smallest absolute Gasteiger partial charge is 0.386 e. The lowest BCUT2D eigenvalue weighted by atomic mass is 10.3. The zero-order valence-electron chi connectivity index (χ0n) is 26.2. The fraction of sp³-hybridized carbons (Fsp3) is 0.438. The third-order valence-electron chi connectivity index (χ3n) is 5.70. The van der Waals surface area contributed by atoms with Crippen LogP contribution in [0.2, 0.25) is 0 Å². The van der Waals surface area contributed by atoms with E-state index in [4.69, 9.17) is 42.1 Å². The van der Waals surface area contributed by atoms with Crippen molar-refractivity contribution >= 4 is 15.6 Å². The Balaban J connectivity index is 0.000000314. The van der Waals surface area contributed by atoms with Gasteiger partial charge in [-0.3, -0.25) is 0 Å². The van der Waals surface area contributed by atoms with Gasteiger partial charge in [0.05, 0.1) is 13.2 Å². The molecular formula is C32H46O11P2. The van der Waals surface area contributed by atoms with Crippen molar-refractivity contribution in [1.82, 2.24) is 0 Å². The van der Waals surface area contributed by atoms with E-state index in [9.17, 15) is 9.13 Å². The Bertz CT molecular complexity index is 1140. The average molecular weight is 669 g/mol. The molecule has 0 bridgehead atoms. The summed E-state index contributed by atoms with van der Waals surface area (Å²) in [6, 6.07) is 26.4. The molecule has 0 unspecified atom stereocenters. The third-order valence-corrected chi connectivity index (χ3v) is 7.52. The monoisotopic (exact) mass is 668 g/mol. The number of benzene rings is 3. The first-order chi connectivity index (χ1) is 21.6. The van der Waals surface area contributed by atoms with Gasteiger partial charge >= 0.3 is 21.6 Å². The molecule has 3 aromatic carbocycles. The van der Waals surface area contributed by atoms with Crippen LogP contribution in [0.1, 0.15) is 59.3 Å². The summed E-state index contributed by atoms with van der Waals surface area (Å²) in [5.74, 6) is -0.634. The quantitative estimate of drug-likeness (QED) is 0.0641. The molecule has 0 aromatic heterocycles. The predicted octanol–water partition coefficient (Wildman–Crippen LogP) is 8.53. The molecule has 0 radical (unpaired) electrons. The van der Waals surface area contributed by atoms with Crippen LogP contribution in [0, 0.1) is 0 Å². The molecule has 2 N–H and O–H groups in total. The molecule has 0 saturated carbocycles. The molecule has 13 heteroatoms. The second-order valence-electron chi connectivity index (χ2n) is 9.74. The number of phosphoric ester groups is 2. The highest BCUT2D eigenvalue weighted by atomic mass is 31.2. The van der Waals surface area contributed by atoms with Crippen LogP contribution in [-0.2, 0) is 27.9 Å². The van der Waals surface area contributed by atoms with Gasteiger partial charge in [-0.2, -0.15) is 4.57 Å². The van der Waals surface area contributed by atoms with Crippen LogP contribution >= 0.6 is 15.6 Å². The van der Waals surface area contributed by atoms with E-state index in [-0.39, 0.29) is 19.8 Å². The molecule has 0 amide bonds. The maximum absolute atomic E-state index is 13.1. The first-order valence-corrected chi connectivity index (χ1v) is 18.1. The second-order valence-corrected chi connectivity index (χ2v) is 12.3. The summed E-state index contributed by atoms with van der Waals surface area (Å²) in [5.41, 5.74) is 0. The molecule has 0 aliphatic rings. The minimum Gasteiger partial charge on any atom is -0.386 e. The molecule has 11 nitrogen and oxygen atoms in total. The summed E-state index contributed by atoms with van der Waals surface area (Å²) >= 11 is 0. The summed E-state index contributed by atoms with van der Waals surface area (Å²) in [6.45, 7) is 6.84. The van der Waals surface area contributed by atoms with Crippen molar-refractivity contribution in [2.45, 2.75) is 65.3 Å². The predicted molar refractivity (Wildman–Crippen MR) is 172 cm³/mol. The average Bonchev–Trinajstić information content (AvgIpc) is 3.00. The van der Waals surface area contributed by atoms with Crippen LogP contribution < -0.4 is 13.6 Å². The normalized spacial score (nSPS) is 11.8. The van der Waals surface area contributed by atoms with E-state index in [0.29, 0.717) is 23.9 Å². The number of para-hydroxylation sites is 3. The van der Waals surface area contributed by atoms with Crippen molar-refractivity contribution in [2.24, 2.45) is 0 Å². The number of ether oxygens (including phenoxy) is 3. The maximum Gasteiger partial charge on any atom is 0.647 e. The van der Waals surface area contributed by atoms with Gasteiger partial charge in [0.15, 0.2) is 0 Å². The molecule has 0 spiro atoms. The van der Waals surface area contributed by atoms with Crippen molar-refractivity contribution < 1.29 is 51.2 Å². The molecule has 250 valence electrons. The lowest BCUT2D eigenvalue weighted by Crippen LogP contribution is -2.44. The van der Waals surface area contributed by atoms with Gasteiger partial charge < -0.3 is 37.6 Å². The summed E-state index contributed by atoms with van der Waals surface area (Å²) in [6.07, 6.45) is 5.04. The van der Waals surface area contributed by atoms with Crippen molar-refractivity contribution in [3.63, 3.8) is 0 Å². The first kappa shape index (κ1) is 38.5. The zero-order chi connectivity index (χ0) is 32.9. The van der Waals surface area contributed by atoms with E-state index in [1.54, 1.807) is 72.8 Å². The molecule has 0 aliphatic heterocycles. The Morgan fingerprint density at radius 3 is 1.27 bits per heavy atom. The van der Waals surface area contributed by atoms with E-state index in [1.165, 1.54) is 0 Å². The number of hydrogen-bond donors (Lipinski definition) is 2. The highest BCUT2D eigenvalue weighted by molar-refractivity contribution is 7.49. The molecule has 0 atom stereocenters. The van der Waals surface area contributed by atoms with Crippen molar-refractivity contribution in [2.75, 3.05) is 26.4 Å². The zero-order valence-corrected chi connectivity index (χ0v) is 28.0. The summed E-state index contributed by atoms with van der Waals surface area (Å²) in [5, 5.41) is 0. The molecule has 0 aliphatic carbocycles. The maximum atomic E-state index is 13.1. The summed E-state index contributed by atoms with van der Waals surface area (Å²) < 4.78 is 62.1. The molecule has 0 fully saturated rings. The van der Waals surface area contributed by atoms with Gasteiger partial charge in [0.25, 0.3) is 0 Å². The van der Waals surface area contributed by atoms with Crippen molar-refractivity contribution in [1.29, 1.82) is 0 Å². The van der Waals surface area contributed by atoms with Crippen LogP contribution in [0.3, 0.4) is 0 Å². The molecule has 0 saturated heterocycles. The highest BCUT2D eigenvalue weighted by Crippen LogP contribution is 2.49. The van der Waals surface area contributed by atoms with Gasteiger partial charge in [-0.1, -0.05) is 94.6 Å². The van der Waals surface area contributed by atoms with Crippen LogP contribution in [-0.4, -0.2) is 42.2 Å². The van der Waals surface area contributed by atoms with Crippen molar-refractivity contribution in [3.05, 3.63) is 91.0 Å². The number of hydrogen-bond acceptors (Lipinski definition) is 9. The highest BCUT2D eigenvalue weighted by Gasteiger charge is 2.41. The molecule has 45 heavy (non-hydrogen) atoms. The minimum atomic E-state index is -4.77. The van der Waals surface area contributed by atoms with Gasteiger partial charge in [-0.15, -0.1) is 0 Å². The van der Waals surface area contributed by atoms with E-state index < -0.39 is 21.6 Å². The Morgan fingerprint density at radius 2 is 0.933 bits per heavy atom. The second kappa shape index (κ2) is 21.1. The topological polar surface area (TPSA) is 139 Å². The lowest BCUT2D eigenvalue weighted by Gasteiger charge is -2.32. The van der Waals surface area contributed by atoms with Crippen LogP contribution in [0.15, 0.2) is 91.0 Å². The van der Waals surface area contributed by atoms with Crippen LogP contribution in [0.25, 0.3) is 0 Å². The first-order valence-electron chi connectivity index (χ1n) is 15.1. The van der Waals surface area contributed by atoms with Gasteiger partial charge in [-0.05, 0) is 55.7 Å². The molecule has 3 rings (SSSR count). The largest absolute Gasteiger partial charge is 0.647 e. The SMILES string of the molecule is CCCCOCC(OCCCC)(OCCCC)OP(=O)(O)O.O=P(Oc1ccccc1)(Oc1ccccc1)Oc1ccccc1. The Labute approximate surface area is 266 Å². The van der Waals surface area contributed by atoms with Gasteiger partial charge in [0.1, 0.15) is 23.9 Å². The van der Waals surface area contributed by atoms with Crippen molar-refractivity contribution in [3.8, 4) is 17.2 Å². The number of rotatable bonds is 21. The Kier molecular flexibility index (Phi) is 18.1. The van der Waals surface area contributed by atoms with E-state index in [2.05, 4.69) is 0 Å². The Hall–Kier alpha value is -2.72. The summed E-state index contributed by atoms with van der Waals surface area (Å²) in [4.78, 5) is 18.3. The van der Waals surface area contributed by atoms with Gasteiger partial charge in [0.2, 0.25) is 0 Å². The number of unbranched alkanes of at least 4 members (excludes halogenated alkanes) is 3. The third kappa shape index (κ3) is 17.0. The lowest BCUT2D eigenvalue weighted by molar-refractivity contribution is -0.365. The van der Waals surface area contributed by atoms with E-state index >= 15 is 0 Å². The fourth-order valence-electron chi connectivity index (χ4n) is 3.46. The fourth-order valence-corrected chi connectivity index (χ4v) is 5.23. The molecular weight excluding hydrogens is 622 g/mol. The van der Waals surface area contributed by atoms with E-state index in [0.717, 1.165) is 38.5 Å². The Morgan fingerprint density at radius 1 is 0.578 bits per heavy atom. The summed E-state index contributed by atoms with van der Waals surface area (Å²) in [7, 11) is -8.66. The minimum absolute atomic E-state index is 0.175. The number of phosphoric acid groups is 2. The van der Waals surface area contributed by atoms with Gasteiger partial charge in [-0.25, -0.2) is 9.09 Å².